The molecule has 0 saturated heterocycles. The molecule has 4 aromatic rings. The minimum atomic E-state index is -4.62. The summed E-state index contributed by atoms with van der Waals surface area (Å²) in [6.45, 7) is 0. The van der Waals surface area contributed by atoms with E-state index in [2.05, 4.69) is 9.97 Å². The van der Waals surface area contributed by atoms with E-state index < -0.39 is 11.9 Å². The van der Waals surface area contributed by atoms with Gasteiger partial charge >= 0.3 is 6.18 Å². The number of hydrogen-bond donors (Lipinski definition) is 0. The summed E-state index contributed by atoms with van der Waals surface area (Å²) in [5.41, 5.74) is 0.645. The number of nitrogens with zero attached hydrogens (tertiary/aromatic N) is 3. The highest BCUT2D eigenvalue weighted by Crippen LogP contribution is 2.40. The highest BCUT2D eigenvalue weighted by molar-refractivity contribution is 5.98. The number of rotatable bonds is 3. The number of halogens is 3. The summed E-state index contributed by atoms with van der Waals surface area (Å²) in [6.07, 6.45) is -3.13. The molecule has 2 heterocycles. The van der Waals surface area contributed by atoms with Crippen LogP contribution in [0.25, 0.3) is 27.6 Å². The van der Waals surface area contributed by atoms with Crippen LogP contribution in [0.5, 0.6) is 11.5 Å². The number of ether oxygens (including phenoxy) is 2. The lowest BCUT2D eigenvalue weighted by Gasteiger charge is -2.17. The Hall–Kier alpha value is -3.29. The van der Waals surface area contributed by atoms with Crippen molar-refractivity contribution in [1.29, 1.82) is 0 Å². The van der Waals surface area contributed by atoms with Gasteiger partial charge in [-0.2, -0.15) is 13.2 Å². The minimum absolute atomic E-state index is 0.0689. The fourth-order valence-electron chi connectivity index (χ4n) is 3.09. The van der Waals surface area contributed by atoms with E-state index in [0.717, 1.165) is 6.07 Å². The molecule has 0 radical (unpaired) electrons. The van der Waals surface area contributed by atoms with Crippen molar-refractivity contribution in [1.82, 2.24) is 14.5 Å². The molecule has 8 heteroatoms. The second-order valence-electron chi connectivity index (χ2n) is 5.82. The van der Waals surface area contributed by atoms with E-state index in [1.165, 1.54) is 26.6 Å². The van der Waals surface area contributed by atoms with Crippen LogP contribution in [0.4, 0.5) is 13.2 Å². The first-order valence-corrected chi connectivity index (χ1v) is 7.99. The molecule has 2 aromatic carbocycles. The van der Waals surface area contributed by atoms with Crippen molar-refractivity contribution in [3.63, 3.8) is 0 Å². The quantitative estimate of drug-likeness (QED) is 0.526. The van der Waals surface area contributed by atoms with Crippen molar-refractivity contribution in [2.45, 2.75) is 6.18 Å². The van der Waals surface area contributed by atoms with E-state index in [4.69, 9.17) is 9.47 Å². The van der Waals surface area contributed by atoms with Gasteiger partial charge in [-0.15, -0.1) is 0 Å². The molecule has 0 saturated carbocycles. The molecule has 0 bridgehead atoms. The third-order valence-corrected chi connectivity index (χ3v) is 4.31. The summed E-state index contributed by atoms with van der Waals surface area (Å²) >= 11 is 0. The molecule has 5 nitrogen and oxygen atoms in total. The Morgan fingerprint density at radius 2 is 1.67 bits per heavy atom. The molecular weight excluding hydrogens is 359 g/mol. The van der Waals surface area contributed by atoms with E-state index in [1.54, 1.807) is 28.8 Å². The van der Waals surface area contributed by atoms with Crippen LogP contribution in [-0.4, -0.2) is 28.8 Å². The number of pyridine rings is 1. The largest absolute Gasteiger partial charge is 0.496 e. The number of para-hydroxylation sites is 2. The fourth-order valence-corrected chi connectivity index (χ4v) is 3.09. The zero-order chi connectivity index (χ0) is 19.2. The second-order valence-corrected chi connectivity index (χ2v) is 5.82. The van der Waals surface area contributed by atoms with E-state index in [-0.39, 0.29) is 17.0 Å². The number of hydrogen-bond acceptors (Lipinski definition) is 4. The lowest BCUT2D eigenvalue weighted by atomic mass is 10.1. The second kappa shape index (κ2) is 6.15. The van der Waals surface area contributed by atoms with Gasteiger partial charge in [0.1, 0.15) is 29.0 Å². The average molecular weight is 373 g/mol. The molecular formula is C19H14F3N3O2. The molecule has 0 amide bonds. The molecule has 0 aliphatic carbocycles. The Balaban J connectivity index is 2.18. The van der Waals surface area contributed by atoms with Gasteiger partial charge in [0.15, 0.2) is 0 Å². The third kappa shape index (κ3) is 2.73. The molecule has 27 heavy (non-hydrogen) atoms. The van der Waals surface area contributed by atoms with Gasteiger partial charge in [-0.05, 0) is 30.3 Å². The van der Waals surface area contributed by atoms with Gasteiger partial charge in [-0.3, -0.25) is 4.57 Å². The van der Waals surface area contributed by atoms with Crippen LogP contribution in [0.15, 0.2) is 48.8 Å². The van der Waals surface area contributed by atoms with Crippen LogP contribution >= 0.6 is 0 Å². The van der Waals surface area contributed by atoms with Gasteiger partial charge in [0.2, 0.25) is 0 Å². The SMILES string of the molecule is COc1ccc(OC)c2c(-n3cnc4ccccc43)cc(C(F)(F)F)nc12. The lowest BCUT2D eigenvalue weighted by Crippen LogP contribution is -2.10. The zero-order valence-corrected chi connectivity index (χ0v) is 14.4. The Labute approximate surface area is 152 Å². The number of benzene rings is 2. The fraction of sp³-hybridized carbons (Fsp3) is 0.158. The first kappa shape index (κ1) is 17.1. The van der Waals surface area contributed by atoms with Crippen molar-refractivity contribution < 1.29 is 22.6 Å². The first-order valence-electron chi connectivity index (χ1n) is 7.99. The molecule has 0 N–H and O–H groups in total. The number of methoxy groups -OCH3 is 2. The number of imidazole rings is 1. The minimum Gasteiger partial charge on any atom is -0.496 e. The van der Waals surface area contributed by atoms with Crippen molar-refractivity contribution in [2.75, 3.05) is 14.2 Å². The Morgan fingerprint density at radius 1 is 0.963 bits per heavy atom. The van der Waals surface area contributed by atoms with Crippen LogP contribution in [0.1, 0.15) is 5.69 Å². The van der Waals surface area contributed by atoms with Crippen molar-refractivity contribution in [3.05, 3.63) is 54.5 Å². The highest BCUT2D eigenvalue weighted by atomic mass is 19.4. The monoisotopic (exact) mass is 373 g/mol. The van der Waals surface area contributed by atoms with Gasteiger partial charge in [-0.1, -0.05) is 12.1 Å². The molecule has 0 fully saturated rings. The molecule has 0 aliphatic heterocycles. The molecule has 0 aliphatic rings. The summed E-state index contributed by atoms with van der Waals surface area (Å²) in [5.74, 6) is 0.613. The predicted molar refractivity (Wildman–Crippen MR) is 94.5 cm³/mol. The van der Waals surface area contributed by atoms with Gasteiger partial charge in [0.05, 0.1) is 36.3 Å². The predicted octanol–water partition coefficient (Wildman–Crippen LogP) is 4.61. The van der Waals surface area contributed by atoms with Crippen molar-refractivity contribution >= 4 is 21.9 Å². The van der Waals surface area contributed by atoms with Gasteiger partial charge in [0.25, 0.3) is 0 Å². The average Bonchev–Trinajstić information content (AvgIpc) is 3.09. The zero-order valence-electron chi connectivity index (χ0n) is 14.4. The maximum absolute atomic E-state index is 13.5. The summed E-state index contributed by atoms with van der Waals surface area (Å²) in [6, 6.07) is 11.4. The maximum atomic E-state index is 13.5. The van der Waals surface area contributed by atoms with Crippen LogP contribution in [0, 0.1) is 0 Å². The van der Waals surface area contributed by atoms with Gasteiger partial charge in [0, 0.05) is 0 Å². The highest BCUT2D eigenvalue weighted by Gasteiger charge is 2.34. The van der Waals surface area contributed by atoms with E-state index in [1.807, 2.05) is 6.07 Å². The smallest absolute Gasteiger partial charge is 0.433 e. The molecule has 138 valence electrons. The van der Waals surface area contributed by atoms with Gasteiger partial charge < -0.3 is 9.47 Å². The summed E-state index contributed by atoms with van der Waals surface area (Å²) in [7, 11) is 2.84. The molecule has 0 unspecified atom stereocenters. The number of alkyl halides is 3. The topological polar surface area (TPSA) is 49.2 Å². The Kier molecular flexibility index (Phi) is 3.91. The summed E-state index contributed by atoms with van der Waals surface area (Å²) < 4.78 is 52.8. The Morgan fingerprint density at radius 3 is 2.37 bits per heavy atom. The van der Waals surface area contributed by atoms with Crippen molar-refractivity contribution in [2.24, 2.45) is 0 Å². The standard InChI is InChI=1S/C19H14F3N3O2/c1-26-14-7-8-15(27-2)18-17(14)13(9-16(24-18)19(20,21)22)25-10-23-11-5-3-4-6-12(11)25/h3-10H,1-2H3. The molecule has 2 aromatic heterocycles. The van der Waals surface area contributed by atoms with E-state index in [0.29, 0.717) is 22.2 Å². The summed E-state index contributed by atoms with van der Waals surface area (Å²) in [4.78, 5) is 8.09. The Bertz CT molecular complexity index is 1150. The summed E-state index contributed by atoms with van der Waals surface area (Å²) in [5, 5.41) is 0.410. The lowest BCUT2D eigenvalue weighted by molar-refractivity contribution is -0.140. The third-order valence-electron chi connectivity index (χ3n) is 4.31. The van der Waals surface area contributed by atoms with Crippen LogP contribution in [0.2, 0.25) is 0 Å². The van der Waals surface area contributed by atoms with E-state index in [9.17, 15) is 13.2 Å². The normalized spacial score (nSPS) is 11.9. The van der Waals surface area contributed by atoms with Crippen LogP contribution in [0.3, 0.4) is 0 Å². The van der Waals surface area contributed by atoms with E-state index >= 15 is 0 Å². The molecule has 0 atom stereocenters. The van der Waals surface area contributed by atoms with Crippen LogP contribution in [-0.2, 0) is 6.18 Å². The number of aromatic nitrogens is 3. The maximum Gasteiger partial charge on any atom is 0.433 e. The molecule has 0 spiro atoms. The van der Waals surface area contributed by atoms with Gasteiger partial charge in [-0.25, -0.2) is 9.97 Å². The van der Waals surface area contributed by atoms with Crippen molar-refractivity contribution in [3.8, 4) is 17.2 Å². The van der Waals surface area contributed by atoms with Crippen LogP contribution < -0.4 is 9.47 Å². The molecule has 4 rings (SSSR count). The number of fused-ring (bicyclic) bond motifs is 2. The first-order chi connectivity index (χ1) is 12.9.